The van der Waals surface area contributed by atoms with E-state index in [4.69, 9.17) is 0 Å². The normalized spacial score (nSPS) is 27.5. The molecule has 0 radical (unpaired) electrons. The number of carbonyl (C=O) groups is 3. The summed E-state index contributed by atoms with van der Waals surface area (Å²) in [6, 6.07) is -1.22. The van der Waals surface area contributed by atoms with Crippen LogP contribution in [0.25, 0.3) is 0 Å². The number of likely N-dealkylation sites (tertiary alicyclic amines) is 1. The average Bonchev–Trinajstić information content (AvgIpc) is 3.16. The van der Waals surface area contributed by atoms with Crippen molar-refractivity contribution < 1.29 is 14.4 Å². The molecule has 1 aromatic heterocycles. The van der Waals surface area contributed by atoms with Gasteiger partial charge < -0.3 is 15.5 Å². The van der Waals surface area contributed by atoms with Gasteiger partial charge in [-0.3, -0.25) is 19.4 Å². The molecule has 1 aromatic rings. The lowest BCUT2D eigenvalue weighted by Crippen LogP contribution is -2.60. The van der Waals surface area contributed by atoms with Gasteiger partial charge in [-0.1, -0.05) is 53.9 Å². The van der Waals surface area contributed by atoms with Crippen molar-refractivity contribution in [3.8, 4) is 0 Å². The Bertz CT molecular complexity index is 951. The standard InChI is InChI=1S/C27H41N5O3/c1-16-20-18(27(20,5)6)15-32(16)25(35)22(26(2,3)4)31-24(34)21(17-10-8-7-9-11-17)30-23(33)19-14-28-12-13-29-19/h12-14,16-18,20-22H,7-11,15H2,1-6H3,(H,30,33)(H,31,34)/t16-,18+,20-,21?,22-/m1/s1. The second-order valence-electron chi connectivity index (χ2n) is 12.4. The van der Waals surface area contributed by atoms with Gasteiger partial charge in [0.05, 0.1) is 6.20 Å². The van der Waals surface area contributed by atoms with Crippen LogP contribution in [0.1, 0.15) is 84.1 Å². The fourth-order valence-electron chi connectivity index (χ4n) is 6.50. The number of fused-ring (bicyclic) bond motifs is 1. The van der Waals surface area contributed by atoms with Gasteiger partial charge in [0.15, 0.2) is 0 Å². The first kappa shape index (κ1) is 25.6. The molecule has 3 aliphatic rings. The van der Waals surface area contributed by atoms with Gasteiger partial charge in [0, 0.05) is 25.0 Å². The maximum absolute atomic E-state index is 13.8. The van der Waals surface area contributed by atoms with Crippen LogP contribution in [0.2, 0.25) is 0 Å². The second kappa shape index (κ2) is 9.51. The van der Waals surface area contributed by atoms with E-state index >= 15 is 0 Å². The van der Waals surface area contributed by atoms with Crippen LogP contribution < -0.4 is 10.6 Å². The van der Waals surface area contributed by atoms with E-state index in [-0.39, 0.29) is 34.9 Å². The maximum atomic E-state index is 13.8. The summed E-state index contributed by atoms with van der Waals surface area (Å²) in [6.07, 6.45) is 9.30. The Morgan fingerprint density at radius 1 is 1.09 bits per heavy atom. The molecule has 2 saturated carbocycles. The highest BCUT2D eigenvalue weighted by Gasteiger charge is 2.66. The van der Waals surface area contributed by atoms with Crippen LogP contribution in [0.3, 0.4) is 0 Å². The third-order valence-corrected chi connectivity index (χ3v) is 8.71. The molecule has 0 bridgehead atoms. The van der Waals surface area contributed by atoms with Gasteiger partial charge >= 0.3 is 0 Å². The third kappa shape index (κ3) is 5.07. The van der Waals surface area contributed by atoms with Crippen LogP contribution in [0.15, 0.2) is 18.6 Å². The molecule has 5 atom stereocenters. The molecule has 3 fully saturated rings. The lowest BCUT2D eigenvalue weighted by atomic mass is 9.82. The first-order valence-electron chi connectivity index (χ1n) is 13.1. The SMILES string of the molecule is C[C@@H]1[C@@H]2[C@H](CN1C(=O)[C@@H](NC(=O)C(NC(=O)c1cnccn1)C1CCCCC1)C(C)(C)C)C2(C)C. The minimum atomic E-state index is -0.717. The highest BCUT2D eigenvalue weighted by molar-refractivity contribution is 5.97. The summed E-state index contributed by atoms with van der Waals surface area (Å²) in [7, 11) is 0. The first-order chi connectivity index (χ1) is 16.4. The lowest BCUT2D eigenvalue weighted by Gasteiger charge is -2.38. The second-order valence-corrected chi connectivity index (χ2v) is 12.4. The van der Waals surface area contributed by atoms with Crippen molar-refractivity contribution in [1.82, 2.24) is 25.5 Å². The Balaban J connectivity index is 1.51. The predicted octanol–water partition coefficient (Wildman–Crippen LogP) is 3.19. The predicted molar refractivity (Wildman–Crippen MR) is 133 cm³/mol. The van der Waals surface area contributed by atoms with E-state index in [1.165, 1.54) is 18.6 Å². The monoisotopic (exact) mass is 483 g/mol. The zero-order chi connectivity index (χ0) is 25.5. The topological polar surface area (TPSA) is 104 Å². The van der Waals surface area contributed by atoms with Gasteiger partial charge in [0.1, 0.15) is 17.8 Å². The maximum Gasteiger partial charge on any atom is 0.272 e. The number of nitrogens with one attached hydrogen (secondary N) is 2. The van der Waals surface area contributed by atoms with Gasteiger partial charge in [-0.15, -0.1) is 0 Å². The van der Waals surface area contributed by atoms with E-state index in [1.54, 1.807) is 0 Å². The quantitative estimate of drug-likeness (QED) is 0.647. The Morgan fingerprint density at radius 2 is 1.77 bits per heavy atom. The molecule has 2 N–H and O–H groups in total. The number of piperidine rings is 1. The number of hydrogen-bond donors (Lipinski definition) is 2. The van der Waals surface area contributed by atoms with Crippen molar-refractivity contribution in [2.45, 2.75) is 91.8 Å². The van der Waals surface area contributed by atoms with Crippen molar-refractivity contribution in [3.05, 3.63) is 24.3 Å². The third-order valence-electron chi connectivity index (χ3n) is 8.71. The summed E-state index contributed by atoms with van der Waals surface area (Å²) in [5.41, 5.74) is -0.00831. The van der Waals surface area contributed by atoms with Crippen LogP contribution in [0.4, 0.5) is 0 Å². The van der Waals surface area contributed by atoms with Crippen molar-refractivity contribution >= 4 is 17.7 Å². The fourth-order valence-corrected chi connectivity index (χ4v) is 6.50. The fraction of sp³-hybridized carbons (Fsp3) is 0.741. The minimum absolute atomic E-state index is 0.0241. The molecule has 192 valence electrons. The molecule has 2 heterocycles. The number of amides is 3. The molecule has 8 nitrogen and oxygen atoms in total. The summed E-state index contributed by atoms with van der Waals surface area (Å²) in [6.45, 7) is 13.4. The van der Waals surface area contributed by atoms with Crippen molar-refractivity contribution in [3.63, 3.8) is 0 Å². The number of aromatic nitrogens is 2. The minimum Gasteiger partial charge on any atom is -0.342 e. The summed E-state index contributed by atoms with van der Waals surface area (Å²) in [4.78, 5) is 50.4. The van der Waals surface area contributed by atoms with Crippen LogP contribution in [-0.2, 0) is 9.59 Å². The van der Waals surface area contributed by atoms with E-state index in [1.807, 2.05) is 25.7 Å². The molecule has 1 unspecified atom stereocenters. The lowest BCUT2D eigenvalue weighted by molar-refractivity contribution is -0.141. The number of hydrogen-bond acceptors (Lipinski definition) is 5. The van der Waals surface area contributed by atoms with E-state index in [0.717, 1.165) is 38.6 Å². The first-order valence-corrected chi connectivity index (χ1v) is 13.1. The summed E-state index contributed by atoms with van der Waals surface area (Å²) in [5, 5.41) is 6.00. The van der Waals surface area contributed by atoms with E-state index in [0.29, 0.717) is 11.8 Å². The largest absolute Gasteiger partial charge is 0.342 e. The smallest absolute Gasteiger partial charge is 0.272 e. The van der Waals surface area contributed by atoms with Crippen LogP contribution >= 0.6 is 0 Å². The Labute approximate surface area is 209 Å². The van der Waals surface area contributed by atoms with E-state index < -0.39 is 23.4 Å². The summed E-state index contributed by atoms with van der Waals surface area (Å²) in [5.74, 6) is 0.337. The summed E-state index contributed by atoms with van der Waals surface area (Å²) >= 11 is 0. The van der Waals surface area contributed by atoms with E-state index in [9.17, 15) is 14.4 Å². The van der Waals surface area contributed by atoms with Crippen LogP contribution in [-0.4, -0.2) is 57.3 Å². The van der Waals surface area contributed by atoms with Gasteiger partial charge in [-0.2, -0.15) is 0 Å². The molecule has 0 aromatic carbocycles. The molecule has 1 saturated heterocycles. The van der Waals surface area contributed by atoms with E-state index in [2.05, 4.69) is 41.4 Å². The summed E-state index contributed by atoms with van der Waals surface area (Å²) < 4.78 is 0. The van der Waals surface area contributed by atoms with Gasteiger partial charge in [-0.25, -0.2) is 4.98 Å². The number of nitrogens with zero attached hydrogens (tertiary/aromatic N) is 3. The van der Waals surface area contributed by atoms with Gasteiger partial charge in [0.25, 0.3) is 5.91 Å². The molecule has 2 aliphatic carbocycles. The molecule has 4 rings (SSSR count). The zero-order valence-corrected chi connectivity index (χ0v) is 22.0. The van der Waals surface area contributed by atoms with Crippen molar-refractivity contribution in [1.29, 1.82) is 0 Å². The number of rotatable bonds is 6. The molecule has 0 spiro atoms. The van der Waals surface area contributed by atoms with Gasteiger partial charge in [0.2, 0.25) is 11.8 Å². The molecule has 3 amide bonds. The van der Waals surface area contributed by atoms with Crippen molar-refractivity contribution in [2.24, 2.45) is 28.6 Å². The Kier molecular flexibility index (Phi) is 6.95. The Morgan fingerprint density at radius 3 is 2.31 bits per heavy atom. The Hall–Kier alpha value is -2.51. The highest BCUT2D eigenvalue weighted by atomic mass is 16.2. The van der Waals surface area contributed by atoms with Crippen LogP contribution in [0, 0.1) is 28.6 Å². The van der Waals surface area contributed by atoms with Gasteiger partial charge in [-0.05, 0) is 48.3 Å². The molecular formula is C27H41N5O3. The average molecular weight is 484 g/mol. The molecular weight excluding hydrogens is 442 g/mol. The highest BCUT2D eigenvalue weighted by Crippen LogP contribution is 2.64. The van der Waals surface area contributed by atoms with Crippen molar-refractivity contribution in [2.75, 3.05) is 6.54 Å². The number of carbonyl (C=O) groups excluding carboxylic acids is 3. The molecule has 8 heteroatoms. The van der Waals surface area contributed by atoms with Crippen LogP contribution in [0.5, 0.6) is 0 Å². The zero-order valence-electron chi connectivity index (χ0n) is 22.0. The molecule has 1 aliphatic heterocycles. The molecule has 35 heavy (non-hydrogen) atoms.